The molecule has 3 rings (SSSR count). The Labute approximate surface area is 191 Å². The van der Waals surface area contributed by atoms with Gasteiger partial charge in [-0.25, -0.2) is 15.0 Å². The number of pyridine rings is 1. The largest absolute Gasteiger partial charge is 0.474 e. The third-order valence-corrected chi connectivity index (χ3v) is 5.55. The number of aliphatic hydroxyl groups excluding tert-OH is 1. The maximum absolute atomic E-state index is 12.7. The number of thiophene rings is 1. The Morgan fingerprint density at radius 2 is 2.10 bits per heavy atom. The lowest BCUT2D eigenvalue weighted by Crippen LogP contribution is -2.26. The zero-order valence-electron chi connectivity index (χ0n) is 17.7. The van der Waals surface area contributed by atoms with Gasteiger partial charge in [0.15, 0.2) is 0 Å². The number of aryl methyl sites for hydroxylation is 1. The van der Waals surface area contributed by atoms with Crippen LogP contribution in [0.1, 0.15) is 21.7 Å². The molecule has 3 N–H and O–H groups in total. The van der Waals surface area contributed by atoms with Crippen LogP contribution in [0.25, 0.3) is 10.2 Å². The summed E-state index contributed by atoms with van der Waals surface area (Å²) in [5, 5.41) is 16.0. The van der Waals surface area contributed by atoms with Crippen molar-refractivity contribution >= 4 is 51.4 Å². The zero-order chi connectivity index (χ0) is 21.5. The minimum atomic E-state index is -0.107. The van der Waals surface area contributed by atoms with E-state index in [1.165, 1.54) is 17.7 Å². The molecule has 9 nitrogen and oxygen atoms in total. The van der Waals surface area contributed by atoms with Crippen LogP contribution in [0.2, 0.25) is 0 Å². The van der Waals surface area contributed by atoms with Crippen molar-refractivity contribution in [2.45, 2.75) is 13.3 Å². The molecule has 31 heavy (non-hydrogen) atoms. The fourth-order valence-electron chi connectivity index (χ4n) is 2.93. The Bertz CT molecular complexity index is 1010. The number of rotatable bonds is 10. The number of aliphatic hydroxyl groups is 1. The number of aromatic nitrogens is 3. The molecule has 3 aromatic rings. The third kappa shape index (κ3) is 6.23. The molecule has 0 aliphatic carbocycles. The molecule has 0 aliphatic rings. The number of ether oxygens (including phenoxy) is 1. The number of halogens is 1. The highest BCUT2D eigenvalue weighted by molar-refractivity contribution is 7.20. The molecule has 0 saturated heterocycles. The lowest BCUT2D eigenvalue weighted by Gasteiger charge is -2.12. The normalized spacial score (nSPS) is 10.7. The average Bonchev–Trinajstić information content (AvgIpc) is 3.08. The smallest absolute Gasteiger partial charge is 0.261 e. The lowest BCUT2D eigenvalue weighted by atomic mass is 10.2. The first-order valence-electron chi connectivity index (χ1n) is 9.64. The second kappa shape index (κ2) is 11.8. The van der Waals surface area contributed by atoms with Crippen molar-refractivity contribution in [3.05, 3.63) is 35.1 Å². The first kappa shape index (κ1) is 24.7. The number of amides is 1. The predicted molar refractivity (Wildman–Crippen MR) is 125 cm³/mol. The second-order valence-electron chi connectivity index (χ2n) is 6.92. The Balaban J connectivity index is 0.00000341. The summed E-state index contributed by atoms with van der Waals surface area (Å²) >= 11 is 1.35. The van der Waals surface area contributed by atoms with E-state index in [1.807, 2.05) is 27.1 Å². The summed E-state index contributed by atoms with van der Waals surface area (Å²) in [6.45, 7) is 3.46. The summed E-state index contributed by atoms with van der Waals surface area (Å²) in [6.07, 6.45) is 3.96. The van der Waals surface area contributed by atoms with Crippen molar-refractivity contribution < 1.29 is 14.6 Å². The summed E-state index contributed by atoms with van der Waals surface area (Å²) in [4.78, 5) is 29.0. The molecule has 0 aromatic carbocycles. The highest BCUT2D eigenvalue weighted by Crippen LogP contribution is 2.35. The Morgan fingerprint density at radius 1 is 1.29 bits per heavy atom. The molecule has 0 unspecified atom stereocenters. The molecule has 11 heteroatoms. The molecule has 0 saturated carbocycles. The number of fused-ring (bicyclic) bond motifs is 1. The average molecular weight is 467 g/mol. The summed E-state index contributed by atoms with van der Waals surface area (Å²) in [5.41, 5.74) is 1.44. The van der Waals surface area contributed by atoms with Gasteiger partial charge in [-0.2, -0.15) is 0 Å². The second-order valence-corrected chi connectivity index (χ2v) is 7.92. The van der Waals surface area contributed by atoms with Gasteiger partial charge in [-0.3, -0.25) is 4.79 Å². The van der Waals surface area contributed by atoms with E-state index in [-0.39, 0.29) is 31.5 Å². The standard InChI is InChI=1S/C20H26N6O3S.ClH/c1-13-15-17(25-14-6-4-7-22-19(14)29-11-10-27)23-12-24-20(15)30-16(13)18(28)21-8-5-9-26(2)3;/h4,6-7,12,27H,5,8-11H2,1-3H3,(H,21,28)(H,23,24,25);1H. The van der Waals surface area contributed by atoms with E-state index in [9.17, 15) is 4.79 Å². The molecule has 3 heterocycles. The van der Waals surface area contributed by atoms with Crippen LogP contribution >= 0.6 is 23.7 Å². The van der Waals surface area contributed by atoms with Crippen LogP contribution in [0.3, 0.4) is 0 Å². The van der Waals surface area contributed by atoms with E-state index in [4.69, 9.17) is 9.84 Å². The minimum Gasteiger partial charge on any atom is -0.474 e. The first-order chi connectivity index (χ1) is 14.5. The van der Waals surface area contributed by atoms with Gasteiger partial charge in [-0.15, -0.1) is 23.7 Å². The van der Waals surface area contributed by atoms with Gasteiger partial charge in [-0.05, 0) is 51.7 Å². The number of hydrogen-bond donors (Lipinski definition) is 3. The number of anilines is 2. The molecule has 0 bridgehead atoms. The Morgan fingerprint density at radius 3 is 2.84 bits per heavy atom. The molecule has 168 valence electrons. The maximum Gasteiger partial charge on any atom is 0.261 e. The van der Waals surface area contributed by atoms with E-state index in [0.717, 1.165) is 28.7 Å². The SMILES string of the molecule is Cc1c(C(=O)NCCCN(C)C)sc2ncnc(Nc3cccnc3OCCO)c12.Cl. The summed E-state index contributed by atoms with van der Waals surface area (Å²) in [5.74, 6) is 0.834. The van der Waals surface area contributed by atoms with Crippen LogP contribution in [0, 0.1) is 6.92 Å². The van der Waals surface area contributed by atoms with Crippen LogP contribution in [0.4, 0.5) is 11.5 Å². The van der Waals surface area contributed by atoms with Gasteiger partial charge in [0.05, 0.1) is 16.9 Å². The molecule has 0 fully saturated rings. The minimum absolute atomic E-state index is 0. The van der Waals surface area contributed by atoms with Crippen LogP contribution in [-0.4, -0.2) is 71.3 Å². The van der Waals surface area contributed by atoms with Crippen molar-refractivity contribution in [2.75, 3.05) is 45.7 Å². The number of carbonyl (C=O) groups is 1. The van der Waals surface area contributed by atoms with Crippen LogP contribution in [0.15, 0.2) is 24.7 Å². The van der Waals surface area contributed by atoms with Crippen LogP contribution < -0.4 is 15.4 Å². The molecule has 0 atom stereocenters. The van der Waals surface area contributed by atoms with Gasteiger partial charge in [0.1, 0.15) is 29.3 Å². The van der Waals surface area contributed by atoms with Crippen molar-refractivity contribution in [3.8, 4) is 5.88 Å². The summed E-state index contributed by atoms with van der Waals surface area (Å²) < 4.78 is 5.48. The van der Waals surface area contributed by atoms with Crippen molar-refractivity contribution in [1.82, 2.24) is 25.2 Å². The van der Waals surface area contributed by atoms with E-state index >= 15 is 0 Å². The molecular weight excluding hydrogens is 440 g/mol. The highest BCUT2D eigenvalue weighted by atomic mass is 35.5. The van der Waals surface area contributed by atoms with Gasteiger partial charge in [0.25, 0.3) is 5.91 Å². The monoisotopic (exact) mass is 466 g/mol. The van der Waals surface area contributed by atoms with Crippen molar-refractivity contribution in [3.63, 3.8) is 0 Å². The topological polar surface area (TPSA) is 113 Å². The molecule has 0 radical (unpaired) electrons. The molecule has 0 aliphatic heterocycles. The number of nitrogens with one attached hydrogen (secondary N) is 2. The van der Waals surface area contributed by atoms with Crippen LogP contribution in [-0.2, 0) is 0 Å². The quantitative estimate of drug-likeness (QED) is 0.391. The maximum atomic E-state index is 12.7. The lowest BCUT2D eigenvalue weighted by molar-refractivity contribution is 0.0956. The van der Waals surface area contributed by atoms with E-state index in [1.54, 1.807) is 12.3 Å². The fraction of sp³-hybridized carbons (Fsp3) is 0.400. The van der Waals surface area contributed by atoms with Crippen molar-refractivity contribution in [2.24, 2.45) is 0 Å². The fourth-order valence-corrected chi connectivity index (χ4v) is 4.00. The van der Waals surface area contributed by atoms with Gasteiger partial charge >= 0.3 is 0 Å². The molecule has 3 aromatic heterocycles. The van der Waals surface area contributed by atoms with Gasteiger partial charge < -0.3 is 25.4 Å². The van der Waals surface area contributed by atoms with E-state index < -0.39 is 0 Å². The summed E-state index contributed by atoms with van der Waals surface area (Å²) in [7, 11) is 4.02. The summed E-state index contributed by atoms with van der Waals surface area (Å²) in [6, 6.07) is 3.59. The number of hydrogen-bond acceptors (Lipinski definition) is 9. The number of carbonyl (C=O) groups excluding carboxylic acids is 1. The van der Waals surface area contributed by atoms with E-state index in [0.29, 0.717) is 28.8 Å². The van der Waals surface area contributed by atoms with Gasteiger partial charge in [0.2, 0.25) is 5.88 Å². The zero-order valence-corrected chi connectivity index (χ0v) is 19.3. The third-order valence-electron chi connectivity index (χ3n) is 4.36. The highest BCUT2D eigenvalue weighted by Gasteiger charge is 2.20. The molecule has 0 spiro atoms. The first-order valence-corrected chi connectivity index (χ1v) is 10.5. The Kier molecular flexibility index (Phi) is 9.38. The Hall–Kier alpha value is -2.53. The molecular formula is C20H27ClN6O3S. The van der Waals surface area contributed by atoms with Crippen molar-refractivity contribution in [1.29, 1.82) is 0 Å². The van der Waals surface area contributed by atoms with Crippen LogP contribution in [0.5, 0.6) is 5.88 Å². The predicted octanol–water partition coefficient (Wildman–Crippen LogP) is 2.61. The number of nitrogens with zero attached hydrogens (tertiary/aromatic N) is 4. The van der Waals surface area contributed by atoms with E-state index in [2.05, 4.69) is 30.5 Å². The molecule has 1 amide bonds. The van der Waals surface area contributed by atoms with Gasteiger partial charge in [-0.1, -0.05) is 0 Å². The van der Waals surface area contributed by atoms with Gasteiger partial charge in [0, 0.05) is 12.7 Å².